The van der Waals surface area contributed by atoms with E-state index in [0.29, 0.717) is 23.4 Å². The molecule has 0 unspecified atom stereocenters. The summed E-state index contributed by atoms with van der Waals surface area (Å²) in [7, 11) is 0. The lowest BCUT2D eigenvalue weighted by atomic mass is 10.0. The minimum atomic E-state index is 0.314. The van der Waals surface area contributed by atoms with Gasteiger partial charge in [-0.25, -0.2) is 10.8 Å². The molecule has 1 aromatic heterocycles. The number of nitrogens with two attached hydrogens (primary N) is 1. The number of aromatic nitrogens is 2. The zero-order chi connectivity index (χ0) is 15.6. The molecule has 0 saturated heterocycles. The SMILES string of the molecule is Cc1nc(NN)cc(Oc2cc(C(C)C)c(Cl)cc2C)n1. The van der Waals surface area contributed by atoms with Crippen LogP contribution >= 0.6 is 11.6 Å². The van der Waals surface area contributed by atoms with E-state index in [1.54, 1.807) is 13.0 Å². The van der Waals surface area contributed by atoms with Gasteiger partial charge in [-0.05, 0) is 43.0 Å². The Morgan fingerprint density at radius 2 is 1.90 bits per heavy atom. The first-order chi connectivity index (χ1) is 9.90. The Balaban J connectivity index is 2.39. The fraction of sp³-hybridized carbons (Fsp3) is 0.333. The predicted octanol–water partition coefficient (Wildman–Crippen LogP) is 3.95. The van der Waals surface area contributed by atoms with Gasteiger partial charge in [0.1, 0.15) is 17.4 Å². The second-order valence-corrected chi connectivity index (χ2v) is 5.59. The molecule has 0 radical (unpaired) electrons. The van der Waals surface area contributed by atoms with Crippen LogP contribution in [0.15, 0.2) is 18.2 Å². The van der Waals surface area contributed by atoms with Crippen molar-refractivity contribution < 1.29 is 4.74 Å². The monoisotopic (exact) mass is 306 g/mol. The normalized spacial score (nSPS) is 10.8. The van der Waals surface area contributed by atoms with Crippen LogP contribution in [0.3, 0.4) is 0 Å². The number of hydrazine groups is 1. The summed E-state index contributed by atoms with van der Waals surface area (Å²) in [6.45, 7) is 7.90. The van der Waals surface area contributed by atoms with Crippen molar-refractivity contribution in [1.82, 2.24) is 9.97 Å². The number of halogens is 1. The van der Waals surface area contributed by atoms with Crippen LogP contribution in [0.5, 0.6) is 11.6 Å². The lowest BCUT2D eigenvalue weighted by Crippen LogP contribution is -2.10. The topological polar surface area (TPSA) is 73.1 Å². The maximum Gasteiger partial charge on any atom is 0.224 e. The number of nitrogens with zero attached hydrogens (tertiary/aromatic N) is 2. The molecule has 0 saturated carbocycles. The molecule has 1 heterocycles. The summed E-state index contributed by atoms with van der Waals surface area (Å²) in [4.78, 5) is 8.38. The summed E-state index contributed by atoms with van der Waals surface area (Å²) in [5.41, 5.74) is 4.48. The molecule has 0 aliphatic heterocycles. The highest BCUT2D eigenvalue weighted by Crippen LogP contribution is 2.33. The largest absolute Gasteiger partial charge is 0.439 e. The Morgan fingerprint density at radius 1 is 1.19 bits per heavy atom. The van der Waals surface area contributed by atoms with Crippen molar-refractivity contribution in [2.45, 2.75) is 33.6 Å². The second kappa shape index (κ2) is 6.28. The summed E-state index contributed by atoms with van der Waals surface area (Å²) in [5, 5.41) is 0.748. The van der Waals surface area contributed by atoms with Crippen LogP contribution in [0.2, 0.25) is 5.02 Å². The molecule has 6 heteroatoms. The molecule has 0 bridgehead atoms. The fourth-order valence-corrected chi connectivity index (χ4v) is 2.44. The Bertz CT molecular complexity index is 658. The molecule has 0 fully saturated rings. The molecular formula is C15H19ClN4O. The van der Waals surface area contributed by atoms with Crippen molar-refractivity contribution in [3.05, 3.63) is 40.2 Å². The first-order valence-corrected chi connectivity index (χ1v) is 7.08. The predicted molar refractivity (Wildman–Crippen MR) is 84.9 cm³/mol. The molecule has 0 aliphatic carbocycles. The van der Waals surface area contributed by atoms with Crippen molar-refractivity contribution >= 4 is 17.4 Å². The van der Waals surface area contributed by atoms with Crippen molar-refractivity contribution in [3.8, 4) is 11.6 Å². The van der Waals surface area contributed by atoms with E-state index in [-0.39, 0.29) is 0 Å². The number of benzene rings is 1. The van der Waals surface area contributed by atoms with E-state index in [0.717, 1.165) is 21.9 Å². The van der Waals surface area contributed by atoms with E-state index in [1.165, 1.54) is 0 Å². The van der Waals surface area contributed by atoms with Crippen molar-refractivity contribution in [1.29, 1.82) is 0 Å². The number of nitrogen functional groups attached to an aromatic ring is 1. The number of ether oxygens (including phenoxy) is 1. The number of hydrogen-bond donors (Lipinski definition) is 2. The van der Waals surface area contributed by atoms with Crippen molar-refractivity contribution in [3.63, 3.8) is 0 Å². The molecule has 0 atom stereocenters. The van der Waals surface area contributed by atoms with E-state index < -0.39 is 0 Å². The van der Waals surface area contributed by atoms with Gasteiger partial charge in [0.2, 0.25) is 5.88 Å². The number of rotatable bonds is 4. The molecule has 3 N–H and O–H groups in total. The second-order valence-electron chi connectivity index (χ2n) is 5.18. The van der Waals surface area contributed by atoms with Crippen LogP contribution in [0.1, 0.15) is 36.7 Å². The summed E-state index contributed by atoms with van der Waals surface area (Å²) in [6, 6.07) is 5.51. The Hall–Kier alpha value is -1.85. The fourth-order valence-electron chi connectivity index (χ4n) is 2.00. The first-order valence-electron chi connectivity index (χ1n) is 6.71. The van der Waals surface area contributed by atoms with E-state index >= 15 is 0 Å². The standard InChI is InChI=1S/C15H19ClN4O/c1-8(2)11-6-13(9(3)5-12(11)16)21-15-7-14(20-17)18-10(4)19-15/h5-8H,17H2,1-4H3,(H,18,19,20). The Labute approximate surface area is 129 Å². The minimum Gasteiger partial charge on any atom is -0.439 e. The first kappa shape index (κ1) is 15.5. The van der Waals surface area contributed by atoms with Gasteiger partial charge in [-0.3, -0.25) is 0 Å². The van der Waals surface area contributed by atoms with Gasteiger partial charge in [-0.15, -0.1) is 0 Å². The van der Waals surface area contributed by atoms with Crippen LogP contribution in [-0.2, 0) is 0 Å². The quantitative estimate of drug-likeness (QED) is 0.661. The lowest BCUT2D eigenvalue weighted by molar-refractivity contribution is 0.456. The zero-order valence-electron chi connectivity index (χ0n) is 12.6. The molecule has 21 heavy (non-hydrogen) atoms. The van der Waals surface area contributed by atoms with E-state index in [2.05, 4.69) is 29.2 Å². The Kier molecular flexibility index (Phi) is 4.65. The summed E-state index contributed by atoms with van der Waals surface area (Å²) < 4.78 is 5.87. The van der Waals surface area contributed by atoms with Gasteiger partial charge >= 0.3 is 0 Å². The molecule has 2 aromatic rings. The molecule has 2 rings (SSSR count). The third-order valence-corrected chi connectivity index (χ3v) is 3.42. The summed E-state index contributed by atoms with van der Waals surface area (Å²) in [6.07, 6.45) is 0. The van der Waals surface area contributed by atoms with Crippen LogP contribution in [0.4, 0.5) is 5.82 Å². The highest BCUT2D eigenvalue weighted by atomic mass is 35.5. The summed E-state index contributed by atoms with van der Waals surface area (Å²) in [5.74, 6) is 7.95. The number of aryl methyl sites for hydroxylation is 2. The molecule has 5 nitrogen and oxygen atoms in total. The van der Waals surface area contributed by atoms with Gasteiger partial charge in [0.25, 0.3) is 0 Å². The van der Waals surface area contributed by atoms with Gasteiger partial charge in [0.05, 0.1) is 0 Å². The maximum absolute atomic E-state index is 6.26. The summed E-state index contributed by atoms with van der Waals surface area (Å²) >= 11 is 6.26. The molecule has 0 spiro atoms. The van der Waals surface area contributed by atoms with Crippen LogP contribution in [-0.4, -0.2) is 9.97 Å². The van der Waals surface area contributed by atoms with E-state index in [4.69, 9.17) is 22.2 Å². The third-order valence-electron chi connectivity index (χ3n) is 3.09. The van der Waals surface area contributed by atoms with Gasteiger partial charge in [-0.2, -0.15) is 4.98 Å². The highest BCUT2D eigenvalue weighted by Gasteiger charge is 2.12. The van der Waals surface area contributed by atoms with Gasteiger partial charge in [-0.1, -0.05) is 25.4 Å². The van der Waals surface area contributed by atoms with Gasteiger partial charge in [0, 0.05) is 11.1 Å². The molecule has 0 amide bonds. The van der Waals surface area contributed by atoms with Crippen LogP contribution < -0.4 is 16.0 Å². The van der Waals surface area contributed by atoms with Crippen LogP contribution in [0.25, 0.3) is 0 Å². The smallest absolute Gasteiger partial charge is 0.224 e. The zero-order valence-corrected chi connectivity index (χ0v) is 13.3. The maximum atomic E-state index is 6.26. The van der Waals surface area contributed by atoms with Crippen molar-refractivity contribution in [2.75, 3.05) is 5.43 Å². The molecule has 112 valence electrons. The number of hydrogen-bond acceptors (Lipinski definition) is 5. The average Bonchev–Trinajstić information content (AvgIpc) is 2.40. The van der Waals surface area contributed by atoms with Crippen LogP contribution in [0, 0.1) is 13.8 Å². The van der Waals surface area contributed by atoms with Gasteiger partial charge in [0.15, 0.2) is 0 Å². The van der Waals surface area contributed by atoms with E-state index in [9.17, 15) is 0 Å². The lowest BCUT2D eigenvalue weighted by Gasteiger charge is -2.14. The number of anilines is 1. The third kappa shape index (κ3) is 3.62. The Morgan fingerprint density at radius 3 is 2.52 bits per heavy atom. The van der Waals surface area contributed by atoms with Crippen molar-refractivity contribution in [2.24, 2.45) is 5.84 Å². The van der Waals surface area contributed by atoms with Gasteiger partial charge < -0.3 is 10.2 Å². The molecule has 0 aliphatic rings. The van der Waals surface area contributed by atoms with E-state index in [1.807, 2.05) is 19.1 Å². The minimum absolute atomic E-state index is 0.314. The highest BCUT2D eigenvalue weighted by molar-refractivity contribution is 6.31. The average molecular weight is 307 g/mol. The molecule has 1 aromatic carbocycles. The molecular weight excluding hydrogens is 288 g/mol. The number of nitrogens with one attached hydrogen (secondary N) is 1.